The van der Waals surface area contributed by atoms with Crippen LogP contribution >= 0.6 is 0 Å². The second-order valence-electron chi connectivity index (χ2n) is 5.72. The number of hydrogen-bond acceptors (Lipinski definition) is 2. The average molecular weight is 284 g/mol. The van der Waals surface area contributed by atoms with Crippen molar-refractivity contribution >= 4 is 17.3 Å². The van der Waals surface area contributed by atoms with Crippen LogP contribution in [-0.4, -0.2) is 11.6 Å². The van der Waals surface area contributed by atoms with Crippen LogP contribution in [0.1, 0.15) is 32.8 Å². The van der Waals surface area contributed by atoms with E-state index in [-0.39, 0.29) is 17.7 Å². The van der Waals surface area contributed by atoms with Crippen LogP contribution in [0.15, 0.2) is 29.4 Å². The zero-order valence-electron chi connectivity index (χ0n) is 11.5. The highest BCUT2D eigenvalue weighted by atomic mass is 19.4. The van der Waals surface area contributed by atoms with Gasteiger partial charge in [-0.2, -0.15) is 18.3 Å². The SMILES string of the molecule is CC(C)(C)C1=NN(c2ccc(C(F)(F)F)cc2)C(=O)C1. The van der Waals surface area contributed by atoms with Crippen molar-refractivity contribution in [3.8, 4) is 0 Å². The van der Waals surface area contributed by atoms with Crippen LogP contribution in [-0.2, 0) is 11.0 Å². The second kappa shape index (κ2) is 4.61. The second-order valence-corrected chi connectivity index (χ2v) is 5.72. The van der Waals surface area contributed by atoms with E-state index < -0.39 is 11.7 Å². The summed E-state index contributed by atoms with van der Waals surface area (Å²) in [7, 11) is 0. The van der Waals surface area contributed by atoms with Gasteiger partial charge in [-0.3, -0.25) is 4.79 Å². The number of carbonyl (C=O) groups is 1. The quantitative estimate of drug-likeness (QED) is 0.771. The van der Waals surface area contributed by atoms with Gasteiger partial charge in [0.1, 0.15) is 0 Å². The number of hydrazone groups is 1. The Kier molecular flexibility index (Phi) is 3.36. The van der Waals surface area contributed by atoms with E-state index in [1.54, 1.807) is 0 Å². The normalized spacial score (nSPS) is 16.6. The molecule has 108 valence electrons. The summed E-state index contributed by atoms with van der Waals surface area (Å²) in [6, 6.07) is 4.42. The molecule has 1 aliphatic heterocycles. The fourth-order valence-electron chi connectivity index (χ4n) is 1.84. The molecule has 0 saturated heterocycles. The minimum absolute atomic E-state index is 0.199. The van der Waals surface area contributed by atoms with Gasteiger partial charge in [-0.1, -0.05) is 20.8 Å². The molecule has 0 radical (unpaired) electrons. The first-order valence-corrected chi connectivity index (χ1v) is 6.17. The average Bonchev–Trinajstić information content (AvgIpc) is 2.70. The molecule has 1 heterocycles. The number of rotatable bonds is 1. The highest BCUT2D eigenvalue weighted by Gasteiger charge is 2.33. The van der Waals surface area contributed by atoms with E-state index in [2.05, 4.69) is 5.10 Å². The predicted molar refractivity (Wildman–Crippen MR) is 70.4 cm³/mol. The summed E-state index contributed by atoms with van der Waals surface area (Å²) in [5, 5.41) is 5.39. The molecule has 20 heavy (non-hydrogen) atoms. The smallest absolute Gasteiger partial charge is 0.272 e. The van der Waals surface area contributed by atoms with Crippen molar-refractivity contribution in [2.24, 2.45) is 10.5 Å². The van der Waals surface area contributed by atoms with E-state index in [0.717, 1.165) is 17.8 Å². The lowest BCUT2D eigenvalue weighted by molar-refractivity contribution is -0.137. The Morgan fingerprint density at radius 1 is 1.10 bits per heavy atom. The molecule has 0 saturated carbocycles. The van der Waals surface area contributed by atoms with Crippen molar-refractivity contribution in [2.75, 3.05) is 5.01 Å². The van der Waals surface area contributed by atoms with Crippen molar-refractivity contribution in [1.29, 1.82) is 0 Å². The maximum Gasteiger partial charge on any atom is 0.416 e. The number of alkyl halides is 3. The van der Waals surface area contributed by atoms with Gasteiger partial charge in [0, 0.05) is 5.41 Å². The Morgan fingerprint density at radius 3 is 2.05 bits per heavy atom. The third kappa shape index (κ3) is 2.84. The van der Waals surface area contributed by atoms with Gasteiger partial charge in [0.2, 0.25) is 0 Å². The summed E-state index contributed by atoms with van der Waals surface area (Å²) in [6.07, 6.45) is -4.18. The van der Waals surface area contributed by atoms with Gasteiger partial charge in [-0.05, 0) is 24.3 Å². The zero-order valence-corrected chi connectivity index (χ0v) is 11.5. The van der Waals surface area contributed by atoms with E-state index in [9.17, 15) is 18.0 Å². The van der Waals surface area contributed by atoms with Crippen LogP contribution < -0.4 is 5.01 Å². The molecule has 2 rings (SSSR count). The Labute approximate surface area is 115 Å². The number of anilines is 1. The number of hydrogen-bond donors (Lipinski definition) is 0. The summed E-state index contributed by atoms with van der Waals surface area (Å²) in [6.45, 7) is 5.82. The molecule has 0 aromatic heterocycles. The lowest BCUT2D eigenvalue weighted by Crippen LogP contribution is -2.20. The molecule has 6 heteroatoms. The van der Waals surface area contributed by atoms with Gasteiger partial charge < -0.3 is 0 Å². The first kappa shape index (κ1) is 14.6. The third-order valence-electron chi connectivity index (χ3n) is 3.08. The van der Waals surface area contributed by atoms with E-state index in [0.29, 0.717) is 5.69 Å². The Balaban J connectivity index is 2.29. The molecular weight excluding hydrogens is 269 g/mol. The number of halogens is 3. The van der Waals surface area contributed by atoms with E-state index in [4.69, 9.17) is 0 Å². The van der Waals surface area contributed by atoms with Crippen molar-refractivity contribution in [3.05, 3.63) is 29.8 Å². The number of carbonyl (C=O) groups excluding carboxylic acids is 1. The van der Waals surface area contributed by atoms with Gasteiger partial charge in [0.05, 0.1) is 23.4 Å². The maximum atomic E-state index is 12.5. The largest absolute Gasteiger partial charge is 0.416 e. The molecule has 0 bridgehead atoms. The van der Waals surface area contributed by atoms with Crippen LogP contribution in [0.25, 0.3) is 0 Å². The minimum atomic E-state index is -4.38. The van der Waals surface area contributed by atoms with Crippen molar-refractivity contribution < 1.29 is 18.0 Å². The van der Waals surface area contributed by atoms with Gasteiger partial charge in [-0.25, -0.2) is 5.01 Å². The molecule has 1 amide bonds. The fourth-order valence-corrected chi connectivity index (χ4v) is 1.84. The molecule has 0 N–H and O–H groups in total. The Hall–Kier alpha value is -1.85. The third-order valence-corrected chi connectivity index (χ3v) is 3.08. The first-order valence-electron chi connectivity index (χ1n) is 6.17. The molecule has 1 aromatic rings. The van der Waals surface area contributed by atoms with Crippen molar-refractivity contribution in [1.82, 2.24) is 0 Å². The first-order chi connectivity index (χ1) is 9.09. The van der Waals surface area contributed by atoms with Crippen LogP contribution in [0.3, 0.4) is 0 Å². The van der Waals surface area contributed by atoms with E-state index >= 15 is 0 Å². The summed E-state index contributed by atoms with van der Waals surface area (Å²) >= 11 is 0. The molecule has 0 atom stereocenters. The minimum Gasteiger partial charge on any atom is -0.272 e. The highest BCUT2D eigenvalue weighted by Crippen LogP contribution is 2.32. The van der Waals surface area contributed by atoms with Crippen LogP contribution in [0, 0.1) is 5.41 Å². The number of amides is 1. The Bertz CT molecular complexity index is 553. The molecule has 0 fully saturated rings. The molecule has 0 unspecified atom stereocenters. The Morgan fingerprint density at radius 2 is 1.65 bits per heavy atom. The highest BCUT2D eigenvalue weighted by molar-refractivity contribution is 6.14. The lowest BCUT2D eigenvalue weighted by atomic mass is 9.88. The summed E-state index contributed by atoms with van der Waals surface area (Å²) < 4.78 is 37.5. The number of benzene rings is 1. The van der Waals surface area contributed by atoms with E-state index in [1.807, 2.05) is 20.8 Å². The molecule has 3 nitrogen and oxygen atoms in total. The van der Waals surface area contributed by atoms with Gasteiger partial charge in [0.25, 0.3) is 5.91 Å². The molecule has 1 aliphatic rings. The monoisotopic (exact) mass is 284 g/mol. The summed E-state index contributed by atoms with van der Waals surface area (Å²) in [5.41, 5.74) is 0.0913. The van der Waals surface area contributed by atoms with Crippen LogP contribution in [0.4, 0.5) is 18.9 Å². The molecule has 0 spiro atoms. The zero-order chi connectivity index (χ0) is 15.1. The maximum absolute atomic E-state index is 12.5. The summed E-state index contributed by atoms with van der Waals surface area (Å²) in [5.74, 6) is -0.227. The van der Waals surface area contributed by atoms with Crippen molar-refractivity contribution in [3.63, 3.8) is 0 Å². The van der Waals surface area contributed by atoms with Gasteiger partial charge >= 0.3 is 6.18 Å². The lowest BCUT2D eigenvalue weighted by Gasteiger charge is -2.16. The van der Waals surface area contributed by atoms with Crippen LogP contribution in [0.5, 0.6) is 0 Å². The van der Waals surface area contributed by atoms with Crippen molar-refractivity contribution in [2.45, 2.75) is 33.4 Å². The molecule has 1 aromatic carbocycles. The summed E-state index contributed by atoms with van der Waals surface area (Å²) in [4.78, 5) is 11.9. The van der Waals surface area contributed by atoms with Crippen LogP contribution in [0.2, 0.25) is 0 Å². The van der Waals surface area contributed by atoms with Gasteiger partial charge in [-0.15, -0.1) is 0 Å². The number of nitrogens with zero attached hydrogens (tertiary/aromatic N) is 2. The molecule has 0 aliphatic carbocycles. The van der Waals surface area contributed by atoms with Gasteiger partial charge in [0.15, 0.2) is 0 Å². The molecular formula is C14H15F3N2O. The standard InChI is InChI=1S/C14H15F3N2O/c1-13(2,3)11-8-12(20)19(18-11)10-6-4-9(5-7-10)14(15,16)17/h4-7H,8H2,1-3H3. The predicted octanol–water partition coefficient (Wildman–Crippen LogP) is 3.84. The topological polar surface area (TPSA) is 32.7 Å². The van der Waals surface area contributed by atoms with E-state index in [1.165, 1.54) is 17.1 Å². The fraction of sp³-hybridized carbons (Fsp3) is 0.429.